The van der Waals surface area contributed by atoms with E-state index in [1.54, 1.807) is 20.1 Å². The van der Waals surface area contributed by atoms with Gasteiger partial charge in [0.05, 0.1) is 12.1 Å². The minimum Gasteiger partial charge on any atom is -0.393 e. The molecule has 0 heterocycles. The largest absolute Gasteiger partial charge is 0.393 e. The normalized spacial score (nSPS) is 20.4. The van der Waals surface area contributed by atoms with Crippen LogP contribution < -0.4 is 5.73 Å². The van der Waals surface area contributed by atoms with Crippen LogP contribution in [-0.2, 0) is 4.79 Å². The number of hydrogen-bond acceptors (Lipinski definition) is 3. The van der Waals surface area contributed by atoms with Crippen molar-refractivity contribution < 1.29 is 9.90 Å². The van der Waals surface area contributed by atoms with Gasteiger partial charge in [0.15, 0.2) is 0 Å². The Bertz CT molecular complexity index is 93.1. The summed E-state index contributed by atoms with van der Waals surface area (Å²) < 4.78 is 0. The van der Waals surface area contributed by atoms with E-state index in [1.165, 1.54) is 0 Å². The maximum atomic E-state index is 9.89. The maximum Gasteiger partial charge on any atom is 0.217 e. The predicted molar refractivity (Wildman–Crippen MR) is 34.5 cm³/mol. The van der Waals surface area contributed by atoms with Crippen LogP contribution in [0.3, 0.4) is 0 Å². The molecule has 3 nitrogen and oxygen atoms in total. The molecule has 0 aliphatic heterocycles. The van der Waals surface area contributed by atoms with E-state index in [2.05, 4.69) is 0 Å². The van der Waals surface area contributed by atoms with Gasteiger partial charge < -0.3 is 10.8 Å². The molecule has 0 rings (SSSR count). The molecule has 0 fully saturated rings. The lowest BCUT2D eigenvalue weighted by Crippen LogP contribution is -2.35. The summed E-state index contributed by atoms with van der Waals surface area (Å²) in [6.45, 7) is 3.31. The summed E-state index contributed by atoms with van der Waals surface area (Å²) in [7, 11) is 0. The first-order chi connectivity index (χ1) is 4.09. The summed E-state index contributed by atoms with van der Waals surface area (Å²) in [6.07, 6.45) is 1.07. The van der Waals surface area contributed by atoms with Gasteiger partial charge in [-0.2, -0.15) is 0 Å². The molecule has 0 amide bonds. The minimum atomic E-state index is -0.662. The predicted octanol–water partition coefficient (Wildman–Crippen LogP) is -0.560. The van der Waals surface area contributed by atoms with Crippen LogP contribution >= 0.6 is 0 Å². The molecular weight excluding hydrogens is 118 g/mol. The Morgan fingerprint density at radius 2 is 2.00 bits per heavy atom. The van der Waals surface area contributed by atoms with Gasteiger partial charge >= 0.3 is 0 Å². The van der Waals surface area contributed by atoms with Crippen LogP contribution in [0.2, 0.25) is 0 Å². The van der Waals surface area contributed by atoms with E-state index in [-0.39, 0.29) is 5.92 Å². The second-order valence-electron chi connectivity index (χ2n) is 2.24. The van der Waals surface area contributed by atoms with Crippen molar-refractivity contribution in [2.24, 2.45) is 11.7 Å². The van der Waals surface area contributed by atoms with Crippen molar-refractivity contribution in [2.75, 3.05) is 0 Å². The Hall–Kier alpha value is -0.410. The molecule has 0 bridgehead atoms. The zero-order chi connectivity index (χ0) is 7.44. The highest BCUT2D eigenvalue weighted by molar-refractivity contribution is 5.58. The Labute approximate surface area is 54.9 Å². The fraction of sp³-hybridized carbons (Fsp3) is 0.833. The van der Waals surface area contributed by atoms with Crippen LogP contribution in [0, 0.1) is 5.92 Å². The molecule has 0 spiro atoms. The standard InChI is InChI=1S/C6H12NO2/c1-4(5(2)9)6(7)3-8/h4-6,9H,7H2,1-2H3. The lowest BCUT2D eigenvalue weighted by Gasteiger charge is -2.15. The van der Waals surface area contributed by atoms with Crippen LogP contribution in [0.5, 0.6) is 0 Å². The van der Waals surface area contributed by atoms with Crippen LogP contribution in [0.25, 0.3) is 0 Å². The van der Waals surface area contributed by atoms with E-state index in [0.29, 0.717) is 0 Å². The molecule has 0 aromatic heterocycles. The average molecular weight is 130 g/mol. The summed E-state index contributed by atoms with van der Waals surface area (Å²) in [4.78, 5) is 9.89. The minimum absolute atomic E-state index is 0.206. The molecule has 0 aliphatic rings. The van der Waals surface area contributed by atoms with E-state index >= 15 is 0 Å². The first kappa shape index (κ1) is 8.59. The van der Waals surface area contributed by atoms with Crippen LogP contribution in [-0.4, -0.2) is 23.5 Å². The summed E-state index contributed by atoms with van der Waals surface area (Å²) in [5.41, 5.74) is 5.23. The zero-order valence-corrected chi connectivity index (χ0v) is 5.66. The average Bonchev–Trinajstić information content (AvgIpc) is 1.84. The second-order valence-corrected chi connectivity index (χ2v) is 2.24. The van der Waals surface area contributed by atoms with E-state index in [9.17, 15) is 4.79 Å². The third kappa shape index (κ3) is 2.58. The molecule has 53 valence electrons. The van der Waals surface area contributed by atoms with Crippen molar-refractivity contribution in [3.63, 3.8) is 0 Å². The molecule has 0 aliphatic carbocycles. The zero-order valence-electron chi connectivity index (χ0n) is 5.66. The highest BCUT2D eigenvalue weighted by Crippen LogP contribution is 2.03. The van der Waals surface area contributed by atoms with Gasteiger partial charge in [0.2, 0.25) is 6.29 Å². The van der Waals surface area contributed by atoms with Crippen molar-refractivity contribution in [1.29, 1.82) is 0 Å². The van der Waals surface area contributed by atoms with Gasteiger partial charge in [-0.3, -0.25) is 4.79 Å². The third-order valence-electron chi connectivity index (χ3n) is 1.46. The molecule has 0 aromatic rings. The van der Waals surface area contributed by atoms with Crippen molar-refractivity contribution in [3.05, 3.63) is 0 Å². The van der Waals surface area contributed by atoms with E-state index < -0.39 is 12.1 Å². The van der Waals surface area contributed by atoms with Crippen molar-refractivity contribution in [1.82, 2.24) is 0 Å². The molecule has 3 N–H and O–H groups in total. The fourth-order valence-electron chi connectivity index (χ4n) is 0.407. The monoisotopic (exact) mass is 130 g/mol. The number of aliphatic hydroxyl groups excluding tert-OH is 1. The topological polar surface area (TPSA) is 63.3 Å². The smallest absolute Gasteiger partial charge is 0.217 e. The van der Waals surface area contributed by atoms with Gasteiger partial charge in [0.1, 0.15) is 0 Å². The third-order valence-corrected chi connectivity index (χ3v) is 1.46. The summed E-state index contributed by atoms with van der Waals surface area (Å²) in [5.74, 6) is -0.206. The number of rotatable bonds is 3. The van der Waals surface area contributed by atoms with Gasteiger partial charge in [-0.25, -0.2) is 0 Å². The van der Waals surface area contributed by atoms with Crippen molar-refractivity contribution >= 4 is 6.29 Å². The second kappa shape index (κ2) is 3.58. The fourth-order valence-corrected chi connectivity index (χ4v) is 0.407. The highest BCUT2D eigenvalue weighted by atomic mass is 16.3. The van der Waals surface area contributed by atoms with Gasteiger partial charge in [-0.1, -0.05) is 6.92 Å². The van der Waals surface area contributed by atoms with Crippen LogP contribution in [0.1, 0.15) is 13.8 Å². The molecule has 0 aromatic carbocycles. The maximum absolute atomic E-state index is 9.89. The van der Waals surface area contributed by atoms with E-state index in [4.69, 9.17) is 10.8 Å². The SMILES string of the molecule is CC(O)C(C)C(N)[C]=O. The number of hydrogen-bond donors (Lipinski definition) is 2. The number of nitrogens with two attached hydrogens (primary N) is 1. The molecule has 1 radical (unpaired) electrons. The number of aliphatic hydroxyl groups is 1. The molecule has 0 saturated heterocycles. The van der Waals surface area contributed by atoms with E-state index in [1.807, 2.05) is 0 Å². The molecule has 3 unspecified atom stereocenters. The molecule has 0 saturated carbocycles. The van der Waals surface area contributed by atoms with Crippen LogP contribution in [0.15, 0.2) is 0 Å². The van der Waals surface area contributed by atoms with Gasteiger partial charge in [-0.15, -0.1) is 0 Å². The summed E-state index contributed by atoms with van der Waals surface area (Å²) in [5, 5.41) is 8.86. The van der Waals surface area contributed by atoms with Gasteiger partial charge in [0, 0.05) is 5.92 Å². The Balaban J connectivity index is 3.71. The Kier molecular flexibility index (Phi) is 3.42. The summed E-state index contributed by atoms with van der Waals surface area (Å²) >= 11 is 0. The lowest BCUT2D eigenvalue weighted by atomic mass is 9.99. The molecule has 3 atom stereocenters. The summed E-state index contributed by atoms with van der Waals surface area (Å²) in [6, 6.07) is -0.662. The first-order valence-electron chi connectivity index (χ1n) is 2.91. The molecule has 3 heteroatoms. The first-order valence-corrected chi connectivity index (χ1v) is 2.91. The quantitative estimate of drug-likeness (QED) is 0.538. The Morgan fingerprint density at radius 1 is 1.56 bits per heavy atom. The van der Waals surface area contributed by atoms with E-state index in [0.717, 1.165) is 0 Å². The van der Waals surface area contributed by atoms with Gasteiger partial charge in [-0.05, 0) is 6.92 Å². The van der Waals surface area contributed by atoms with Crippen LogP contribution in [0.4, 0.5) is 0 Å². The lowest BCUT2D eigenvalue weighted by molar-refractivity contribution is 0.130. The molecular formula is C6H12NO2. The Morgan fingerprint density at radius 3 is 2.11 bits per heavy atom. The highest BCUT2D eigenvalue weighted by Gasteiger charge is 2.16. The van der Waals surface area contributed by atoms with Gasteiger partial charge in [0.25, 0.3) is 0 Å². The molecule has 9 heavy (non-hydrogen) atoms. The van der Waals surface area contributed by atoms with Crippen molar-refractivity contribution in [3.8, 4) is 0 Å². The van der Waals surface area contributed by atoms with Crippen molar-refractivity contribution in [2.45, 2.75) is 26.0 Å². The number of carbonyl (C=O) groups excluding carboxylic acids is 1.